The van der Waals surface area contributed by atoms with Gasteiger partial charge in [-0.3, -0.25) is 4.99 Å². The van der Waals surface area contributed by atoms with Crippen LogP contribution in [0.5, 0.6) is 0 Å². The molecule has 0 amide bonds. The number of hydrogen-bond acceptors (Lipinski definition) is 3. The maximum atomic E-state index is 4.41. The van der Waals surface area contributed by atoms with Crippen molar-refractivity contribution >= 4 is 17.7 Å². The molecule has 3 nitrogen and oxygen atoms in total. The van der Waals surface area contributed by atoms with E-state index in [1.807, 2.05) is 25.4 Å². The van der Waals surface area contributed by atoms with E-state index in [1.165, 1.54) is 0 Å². The Morgan fingerprint density at radius 3 is 3.17 bits per heavy atom. The van der Waals surface area contributed by atoms with Gasteiger partial charge >= 0.3 is 0 Å². The molecule has 62 valence electrons. The Morgan fingerprint density at radius 2 is 2.33 bits per heavy atom. The van der Waals surface area contributed by atoms with Crippen molar-refractivity contribution in [1.29, 1.82) is 0 Å². The highest BCUT2D eigenvalue weighted by molar-refractivity contribution is 5.68. The maximum absolute atomic E-state index is 4.41. The number of aromatic nitrogens is 1. The molecule has 0 fully saturated rings. The van der Waals surface area contributed by atoms with Gasteiger partial charge in [-0.2, -0.15) is 0 Å². The van der Waals surface area contributed by atoms with Gasteiger partial charge in [0.05, 0.1) is 11.4 Å². The van der Waals surface area contributed by atoms with Crippen LogP contribution in [0.25, 0.3) is 0 Å². The van der Waals surface area contributed by atoms with Crippen molar-refractivity contribution in [2.75, 3.05) is 12.4 Å². The molecule has 0 radical (unpaired) electrons. The van der Waals surface area contributed by atoms with Crippen LogP contribution in [0.1, 0.15) is 12.1 Å². The van der Waals surface area contributed by atoms with E-state index in [1.54, 1.807) is 0 Å². The van der Waals surface area contributed by atoms with Crippen LogP contribution < -0.4 is 5.32 Å². The molecule has 1 N–H and O–H groups in total. The normalized spacial score (nSPS) is 14.1. The second-order valence-electron chi connectivity index (χ2n) is 2.76. The summed E-state index contributed by atoms with van der Waals surface area (Å²) in [6.45, 7) is 0. The Balaban J connectivity index is 2.44. The highest BCUT2D eigenvalue weighted by Gasteiger charge is 2.06. The Morgan fingerprint density at radius 1 is 1.42 bits per heavy atom. The van der Waals surface area contributed by atoms with Crippen LogP contribution in [0.15, 0.2) is 17.1 Å². The molecule has 0 aromatic carbocycles. The summed E-state index contributed by atoms with van der Waals surface area (Å²) in [5.41, 5.74) is 2.12. The number of hydrogen-bond donors (Lipinski definition) is 1. The lowest BCUT2D eigenvalue weighted by Gasteiger charge is -2.09. The summed E-state index contributed by atoms with van der Waals surface area (Å²) in [5, 5.41) is 3.01. The molecule has 0 saturated carbocycles. The van der Waals surface area contributed by atoms with Crippen molar-refractivity contribution < 1.29 is 0 Å². The van der Waals surface area contributed by atoms with E-state index in [0.717, 1.165) is 30.0 Å². The average Bonchev–Trinajstić information content (AvgIpc) is 2.17. The quantitative estimate of drug-likeness (QED) is 0.681. The zero-order valence-electron chi connectivity index (χ0n) is 7.04. The van der Waals surface area contributed by atoms with Crippen molar-refractivity contribution in [1.82, 2.24) is 4.98 Å². The summed E-state index contributed by atoms with van der Waals surface area (Å²) in [6.07, 6.45) is 3.96. The lowest BCUT2D eigenvalue weighted by molar-refractivity contribution is 0.960. The minimum Gasteiger partial charge on any atom is -0.373 e. The standard InChI is InChI=1S/C9H11N3/c1-10-9-5-4-7-8(12-9)3-2-6-11-7/h4-6H,2-3H2,1H3,(H,10,12). The van der Waals surface area contributed by atoms with Gasteiger partial charge < -0.3 is 5.32 Å². The number of pyridine rings is 1. The van der Waals surface area contributed by atoms with Crippen LogP contribution in [0, 0.1) is 0 Å². The predicted octanol–water partition coefficient (Wildman–Crippen LogP) is 1.77. The van der Waals surface area contributed by atoms with Gasteiger partial charge in [0, 0.05) is 13.3 Å². The summed E-state index contributed by atoms with van der Waals surface area (Å²) < 4.78 is 0. The largest absolute Gasteiger partial charge is 0.373 e. The minimum atomic E-state index is 0.922. The number of fused-ring (bicyclic) bond motifs is 1. The van der Waals surface area contributed by atoms with Crippen molar-refractivity contribution in [2.24, 2.45) is 4.99 Å². The molecule has 12 heavy (non-hydrogen) atoms. The Labute approximate surface area is 71.6 Å². The molecule has 1 aromatic heterocycles. The van der Waals surface area contributed by atoms with Crippen LogP contribution in [-0.2, 0) is 6.42 Å². The van der Waals surface area contributed by atoms with E-state index in [9.17, 15) is 0 Å². The highest BCUT2D eigenvalue weighted by atomic mass is 15.0. The zero-order chi connectivity index (χ0) is 8.39. The summed E-state index contributed by atoms with van der Waals surface area (Å²) in [5.74, 6) is 0.922. The van der Waals surface area contributed by atoms with E-state index in [4.69, 9.17) is 0 Å². The van der Waals surface area contributed by atoms with Gasteiger partial charge in [0.25, 0.3) is 0 Å². The fourth-order valence-electron chi connectivity index (χ4n) is 1.30. The van der Waals surface area contributed by atoms with E-state index in [-0.39, 0.29) is 0 Å². The molecule has 0 atom stereocenters. The first-order chi connectivity index (χ1) is 5.90. The predicted molar refractivity (Wildman–Crippen MR) is 50.3 cm³/mol. The number of nitrogens with one attached hydrogen (secondary N) is 1. The average molecular weight is 161 g/mol. The van der Waals surface area contributed by atoms with Crippen molar-refractivity contribution in [3.05, 3.63) is 17.8 Å². The van der Waals surface area contributed by atoms with Crippen LogP contribution in [0.3, 0.4) is 0 Å². The van der Waals surface area contributed by atoms with E-state index < -0.39 is 0 Å². The minimum absolute atomic E-state index is 0.922. The molecular weight excluding hydrogens is 150 g/mol. The van der Waals surface area contributed by atoms with Crippen molar-refractivity contribution in [3.8, 4) is 0 Å². The first kappa shape index (κ1) is 7.28. The van der Waals surface area contributed by atoms with E-state index in [0.29, 0.717) is 0 Å². The Bertz CT molecular complexity index is 318. The topological polar surface area (TPSA) is 37.3 Å². The van der Waals surface area contributed by atoms with E-state index in [2.05, 4.69) is 15.3 Å². The third-order valence-corrected chi connectivity index (χ3v) is 1.95. The molecule has 2 rings (SSSR count). The van der Waals surface area contributed by atoms with Crippen molar-refractivity contribution in [2.45, 2.75) is 12.8 Å². The zero-order valence-corrected chi connectivity index (χ0v) is 7.04. The summed E-state index contributed by atoms with van der Waals surface area (Å²) in [7, 11) is 1.88. The second-order valence-corrected chi connectivity index (χ2v) is 2.76. The lowest BCUT2D eigenvalue weighted by atomic mass is 10.1. The van der Waals surface area contributed by atoms with Gasteiger partial charge in [0.15, 0.2) is 0 Å². The monoisotopic (exact) mass is 161 g/mol. The van der Waals surface area contributed by atoms with Crippen LogP contribution >= 0.6 is 0 Å². The van der Waals surface area contributed by atoms with Gasteiger partial charge in [0.1, 0.15) is 5.82 Å². The number of aliphatic imine (C=N–C) groups is 1. The van der Waals surface area contributed by atoms with Crippen LogP contribution in [-0.4, -0.2) is 18.2 Å². The Kier molecular flexibility index (Phi) is 1.78. The van der Waals surface area contributed by atoms with Gasteiger partial charge in [-0.1, -0.05) is 0 Å². The van der Waals surface area contributed by atoms with Crippen molar-refractivity contribution in [3.63, 3.8) is 0 Å². The fraction of sp³-hybridized carbons (Fsp3) is 0.333. The lowest BCUT2D eigenvalue weighted by Crippen LogP contribution is -2.00. The summed E-state index contributed by atoms with van der Waals surface area (Å²) in [6, 6.07) is 3.95. The Hall–Kier alpha value is -1.38. The fourth-order valence-corrected chi connectivity index (χ4v) is 1.30. The SMILES string of the molecule is CNc1ccc2c(n1)CCC=N2. The van der Waals surface area contributed by atoms with Gasteiger partial charge in [-0.25, -0.2) is 4.98 Å². The number of aryl methyl sites for hydroxylation is 1. The summed E-state index contributed by atoms with van der Waals surface area (Å²) in [4.78, 5) is 8.66. The second kappa shape index (κ2) is 2.93. The number of anilines is 1. The van der Waals surface area contributed by atoms with E-state index >= 15 is 0 Å². The molecule has 0 bridgehead atoms. The maximum Gasteiger partial charge on any atom is 0.126 e. The molecule has 2 heterocycles. The smallest absolute Gasteiger partial charge is 0.126 e. The first-order valence-corrected chi connectivity index (χ1v) is 4.10. The van der Waals surface area contributed by atoms with Crippen LogP contribution in [0.4, 0.5) is 11.5 Å². The number of rotatable bonds is 1. The molecule has 0 unspecified atom stereocenters. The molecular formula is C9H11N3. The molecule has 3 heteroatoms. The van der Waals surface area contributed by atoms with Gasteiger partial charge in [-0.15, -0.1) is 0 Å². The van der Waals surface area contributed by atoms with Gasteiger partial charge in [0.2, 0.25) is 0 Å². The molecule has 1 aliphatic rings. The van der Waals surface area contributed by atoms with Crippen LogP contribution in [0.2, 0.25) is 0 Å². The third-order valence-electron chi connectivity index (χ3n) is 1.95. The molecule has 1 aromatic rings. The molecule has 0 aliphatic carbocycles. The third kappa shape index (κ3) is 1.18. The molecule has 0 spiro atoms. The molecule has 1 aliphatic heterocycles. The number of nitrogens with zero attached hydrogens (tertiary/aromatic N) is 2. The first-order valence-electron chi connectivity index (χ1n) is 4.10. The summed E-state index contributed by atoms with van der Waals surface area (Å²) >= 11 is 0. The highest BCUT2D eigenvalue weighted by Crippen LogP contribution is 2.23. The molecule has 0 saturated heterocycles. The van der Waals surface area contributed by atoms with Gasteiger partial charge in [-0.05, 0) is 25.0 Å².